The van der Waals surface area contributed by atoms with Gasteiger partial charge in [0, 0.05) is 22.6 Å². The number of esters is 1. The van der Waals surface area contributed by atoms with E-state index in [0.29, 0.717) is 36.6 Å². The van der Waals surface area contributed by atoms with E-state index in [2.05, 4.69) is 5.32 Å². The number of rotatable bonds is 7. The van der Waals surface area contributed by atoms with Crippen LogP contribution in [0.3, 0.4) is 0 Å². The normalized spacial score (nSPS) is 15.3. The zero-order chi connectivity index (χ0) is 22.7. The van der Waals surface area contributed by atoms with Gasteiger partial charge in [-0.2, -0.15) is 0 Å². The molecule has 0 saturated carbocycles. The lowest BCUT2D eigenvalue weighted by Gasteiger charge is -2.25. The summed E-state index contributed by atoms with van der Waals surface area (Å²) in [5.74, 6) is -0.468. The van der Waals surface area contributed by atoms with E-state index >= 15 is 0 Å². The topological polar surface area (TPSA) is 69.6 Å². The summed E-state index contributed by atoms with van der Waals surface area (Å²) < 4.78 is 26.5. The van der Waals surface area contributed by atoms with Gasteiger partial charge in [-0.15, -0.1) is 0 Å². The number of carbonyl (C=O) groups is 2. The van der Waals surface area contributed by atoms with Crippen molar-refractivity contribution in [2.45, 2.75) is 38.8 Å². The molecule has 0 aliphatic heterocycles. The molecule has 1 aromatic heterocycles. The van der Waals surface area contributed by atoms with Gasteiger partial charge in [0.25, 0.3) is 5.91 Å². The van der Waals surface area contributed by atoms with E-state index in [1.165, 1.54) is 12.1 Å². The van der Waals surface area contributed by atoms with Crippen molar-refractivity contribution in [1.29, 1.82) is 0 Å². The summed E-state index contributed by atoms with van der Waals surface area (Å²) >= 11 is 6.06. The Morgan fingerprint density at radius 1 is 1.25 bits per heavy atom. The average molecular weight is 459 g/mol. The SMILES string of the molecule is CCOC(=O)Cn1c2c(c3cc(F)ccc31)C[C@H](NC(=O)COc1ccccc1Cl)CC2. The molecule has 168 valence electrons. The number of amides is 1. The number of nitrogens with zero attached hydrogens (tertiary/aromatic N) is 1. The number of nitrogens with one attached hydrogen (secondary N) is 1. The first kappa shape index (κ1) is 22.1. The number of ether oxygens (including phenoxy) is 2. The third kappa shape index (κ3) is 4.72. The molecule has 4 rings (SSSR count). The molecule has 1 N–H and O–H groups in total. The van der Waals surface area contributed by atoms with Crippen molar-refractivity contribution in [3.63, 3.8) is 0 Å². The number of halogens is 2. The molecule has 1 atom stereocenters. The Morgan fingerprint density at radius 2 is 2.06 bits per heavy atom. The molecule has 1 heterocycles. The monoisotopic (exact) mass is 458 g/mol. The highest BCUT2D eigenvalue weighted by Crippen LogP contribution is 2.33. The van der Waals surface area contributed by atoms with Crippen molar-refractivity contribution >= 4 is 34.4 Å². The van der Waals surface area contributed by atoms with Crippen LogP contribution in [0.1, 0.15) is 24.6 Å². The van der Waals surface area contributed by atoms with Gasteiger partial charge in [-0.25, -0.2) is 4.39 Å². The van der Waals surface area contributed by atoms with Crippen LogP contribution in [0.15, 0.2) is 42.5 Å². The fourth-order valence-corrected chi connectivity index (χ4v) is 4.43. The van der Waals surface area contributed by atoms with Crippen LogP contribution in [0.25, 0.3) is 10.9 Å². The summed E-state index contributed by atoms with van der Waals surface area (Å²) in [5.41, 5.74) is 2.72. The lowest BCUT2D eigenvalue weighted by molar-refractivity contribution is -0.143. The van der Waals surface area contributed by atoms with Crippen molar-refractivity contribution in [2.24, 2.45) is 0 Å². The number of aromatic nitrogens is 1. The highest BCUT2D eigenvalue weighted by molar-refractivity contribution is 6.32. The minimum absolute atomic E-state index is 0.0774. The predicted octanol–water partition coefficient (Wildman–Crippen LogP) is 4.05. The first-order valence-electron chi connectivity index (χ1n) is 10.6. The van der Waals surface area contributed by atoms with E-state index in [-0.39, 0.29) is 36.9 Å². The molecular formula is C24H24ClFN2O4. The smallest absolute Gasteiger partial charge is 0.325 e. The highest BCUT2D eigenvalue weighted by Gasteiger charge is 2.27. The Hall–Kier alpha value is -3.06. The first-order chi connectivity index (χ1) is 15.5. The van der Waals surface area contributed by atoms with Crippen molar-refractivity contribution < 1.29 is 23.5 Å². The molecule has 0 saturated heterocycles. The second-order valence-corrected chi connectivity index (χ2v) is 8.11. The second-order valence-electron chi connectivity index (χ2n) is 7.70. The number of carbonyl (C=O) groups excluding carboxylic acids is 2. The molecule has 1 amide bonds. The van der Waals surface area contributed by atoms with Gasteiger partial charge in [0.1, 0.15) is 18.1 Å². The van der Waals surface area contributed by atoms with Gasteiger partial charge in [-0.05, 0) is 62.1 Å². The predicted molar refractivity (Wildman–Crippen MR) is 119 cm³/mol. The van der Waals surface area contributed by atoms with Crippen LogP contribution in [0.5, 0.6) is 5.75 Å². The van der Waals surface area contributed by atoms with E-state index in [0.717, 1.165) is 22.2 Å². The average Bonchev–Trinajstić information content (AvgIpc) is 3.05. The molecular weight excluding hydrogens is 435 g/mol. The zero-order valence-corrected chi connectivity index (χ0v) is 18.5. The third-order valence-electron chi connectivity index (χ3n) is 5.58. The molecule has 2 aromatic carbocycles. The van der Waals surface area contributed by atoms with Crippen molar-refractivity contribution in [1.82, 2.24) is 9.88 Å². The summed E-state index contributed by atoms with van der Waals surface area (Å²) in [4.78, 5) is 24.6. The lowest BCUT2D eigenvalue weighted by atomic mass is 9.91. The van der Waals surface area contributed by atoms with Crippen molar-refractivity contribution in [2.75, 3.05) is 13.2 Å². The highest BCUT2D eigenvalue weighted by atomic mass is 35.5. The van der Waals surface area contributed by atoms with Gasteiger partial charge in [0.05, 0.1) is 11.6 Å². The van der Waals surface area contributed by atoms with Crippen LogP contribution < -0.4 is 10.1 Å². The van der Waals surface area contributed by atoms with Crippen LogP contribution in [0.4, 0.5) is 4.39 Å². The van der Waals surface area contributed by atoms with E-state index < -0.39 is 0 Å². The summed E-state index contributed by atoms with van der Waals surface area (Å²) in [7, 11) is 0. The molecule has 32 heavy (non-hydrogen) atoms. The molecule has 0 unspecified atom stereocenters. The number of fused-ring (bicyclic) bond motifs is 3. The van der Waals surface area contributed by atoms with Crippen LogP contribution in [-0.2, 0) is 33.7 Å². The maximum absolute atomic E-state index is 14.0. The van der Waals surface area contributed by atoms with Crippen LogP contribution in [0, 0.1) is 5.82 Å². The van der Waals surface area contributed by atoms with Crippen LogP contribution in [-0.4, -0.2) is 35.7 Å². The third-order valence-corrected chi connectivity index (χ3v) is 5.89. The van der Waals surface area contributed by atoms with E-state index in [4.69, 9.17) is 21.1 Å². The van der Waals surface area contributed by atoms with Gasteiger partial charge < -0.3 is 19.4 Å². The van der Waals surface area contributed by atoms with E-state index in [1.807, 2.05) is 4.57 Å². The Morgan fingerprint density at radius 3 is 2.84 bits per heavy atom. The molecule has 1 aliphatic rings. The molecule has 0 bridgehead atoms. The number of para-hydroxylation sites is 1. The summed E-state index contributed by atoms with van der Waals surface area (Å²) in [6, 6.07) is 11.4. The Bertz CT molecular complexity index is 1160. The standard InChI is InChI=1S/C24H24ClFN2O4/c1-2-31-24(30)13-28-20-9-7-15(26)11-17(20)18-12-16(8-10-21(18)28)27-23(29)14-32-22-6-4-3-5-19(22)25/h3-7,9,11,16H,2,8,10,12-14H2,1H3,(H,27,29)/t16-/m1/s1. The summed E-state index contributed by atoms with van der Waals surface area (Å²) in [6.45, 7) is 2.00. The minimum Gasteiger partial charge on any atom is -0.482 e. The fraction of sp³-hybridized carbons (Fsp3) is 0.333. The van der Waals surface area contributed by atoms with E-state index in [1.54, 1.807) is 37.3 Å². The summed E-state index contributed by atoms with van der Waals surface area (Å²) in [5, 5.41) is 4.20. The maximum Gasteiger partial charge on any atom is 0.325 e. The first-order valence-corrected chi connectivity index (χ1v) is 11.0. The second kappa shape index (κ2) is 9.61. The van der Waals surface area contributed by atoms with Crippen molar-refractivity contribution in [3.05, 3.63) is 64.6 Å². The number of hydrogen-bond acceptors (Lipinski definition) is 4. The Labute approximate surface area is 190 Å². The lowest BCUT2D eigenvalue weighted by Crippen LogP contribution is -2.41. The number of hydrogen-bond donors (Lipinski definition) is 1. The van der Waals surface area contributed by atoms with Gasteiger partial charge in [-0.3, -0.25) is 9.59 Å². The molecule has 0 radical (unpaired) electrons. The van der Waals surface area contributed by atoms with Gasteiger partial charge in [0.2, 0.25) is 0 Å². The molecule has 0 spiro atoms. The fourth-order valence-electron chi connectivity index (χ4n) is 4.24. The molecule has 8 heteroatoms. The molecule has 1 aliphatic carbocycles. The summed E-state index contributed by atoms with van der Waals surface area (Å²) in [6.07, 6.45) is 1.90. The van der Waals surface area contributed by atoms with E-state index in [9.17, 15) is 14.0 Å². The Kier molecular flexibility index (Phi) is 6.65. The van der Waals surface area contributed by atoms with Crippen molar-refractivity contribution in [3.8, 4) is 5.75 Å². The quantitative estimate of drug-likeness (QED) is 0.542. The molecule has 6 nitrogen and oxygen atoms in total. The number of benzene rings is 2. The van der Waals surface area contributed by atoms with Gasteiger partial charge in [-0.1, -0.05) is 23.7 Å². The molecule has 3 aromatic rings. The van der Waals surface area contributed by atoms with Crippen LogP contribution in [0.2, 0.25) is 5.02 Å². The minimum atomic E-state index is -0.340. The van der Waals surface area contributed by atoms with Gasteiger partial charge in [0.15, 0.2) is 6.61 Å². The zero-order valence-electron chi connectivity index (χ0n) is 17.7. The van der Waals surface area contributed by atoms with Gasteiger partial charge >= 0.3 is 5.97 Å². The molecule has 0 fully saturated rings. The Balaban J connectivity index is 1.49. The largest absolute Gasteiger partial charge is 0.482 e. The maximum atomic E-state index is 14.0. The van der Waals surface area contributed by atoms with Crippen LogP contribution >= 0.6 is 11.6 Å².